The van der Waals surface area contributed by atoms with E-state index in [-0.39, 0.29) is 0 Å². The van der Waals surface area contributed by atoms with Gasteiger partial charge in [0.25, 0.3) is 0 Å². The highest BCUT2D eigenvalue weighted by atomic mass is 35.5. The summed E-state index contributed by atoms with van der Waals surface area (Å²) in [6, 6.07) is 8.05. The van der Waals surface area contributed by atoms with Gasteiger partial charge in [-0.1, -0.05) is 24.6 Å². The van der Waals surface area contributed by atoms with Crippen molar-refractivity contribution >= 4 is 30.0 Å². The number of H-pyrrole nitrogens is 1. The van der Waals surface area contributed by atoms with E-state index >= 15 is 0 Å². The molecular weight excluding hydrogens is 354 g/mol. The van der Waals surface area contributed by atoms with Crippen molar-refractivity contribution in [3.8, 4) is 5.69 Å². The first-order valence-corrected chi connectivity index (χ1v) is 8.87. The van der Waals surface area contributed by atoms with Crippen molar-refractivity contribution in [2.45, 2.75) is 34.1 Å². The predicted octanol–water partition coefficient (Wildman–Crippen LogP) is 4.75. The molecule has 130 valence electrons. The van der Waals surface area contributed by atoms with E-state index in [9.17, 15) is 0 Å². The Morgan fingerprint density at radius 1 is 1.32 bits per heavy atom. The van der Waals surface area contributed by atoms with Crippen LogP contribution < -0.4 is 0 Å². The van der Waals surface area contributed by atoms with Gasteiger partial charge in [0, 0.05) is 34.1 Å². The zero-order valence-corrected chi connectivity index (χ0v) is 16.2. The molecule has 1 aromatic carbocycles. The highest BCUT2D eigenvalue weighted by Crippen LogP contribution is 2.26. The number of nitrogens with one attached hydrogen (secondary N) is 1. The molecule has 1 N–H and O–H groups in total. The summed E-state index contributed by atoms with van der Waals surface area (Å²) in [4.78, 5) is 0. The van der Waals surface area contributed by atoms with Crippen molar-refractivity contribution in [1.82, 2.24) is 19.4 Å². The fourth-order valence-electron chi connectivity index (χ4n) is 2.92. The average molecular weight is 374 g/mol. The molecule has 7 heteroatoms. The first-order chi connectivity index (χ1) is 11.9. The number of aromatic nitrogens is 4. The number of nitrogens with zero attached hydrogens (tertiary/aromatic N) is 4. The molecule has 0 bridgehead atoms. The highest BCUT2D eigenvalue weighted by Gasteiger charge is 2.12. The zero-order chi connectivity index (χ0) is 18.1. The Morgan fingerprint density at radius 2 is 2.08 bits per heavy atom. The van der Waals surface area contributed by atoms with E-state index in [2.05, 4.69) is 45.8 Å². The summed E-state index contributed by atoms with van der Waals surface area (Å²) in [5.41, 5.74) is 5.38. The standard InChI is InChI=1S/C18H20ClN5S/c1-5-17-21-22-18(25)24(17)20-10-14-9-11(2)23(13(14)4)16-8-6-7-15(19)12(16)3/h6-10H,5H2,1-4H3,(H,22,25)/b20-10-. The van der Waals surface area contributed by atoms with E-state index in [0.29, 0.717) is 4.77 Å². The zero-order valence-electron chi connectivity index (χ0n) is 14.7. The van der Waals surface area contributed by atoms with Crippen LogP contribution in [0, 0.1) is 25.5 Å². The summed E-state index contributed by atoms with van der Waals surface area (Å²) < 4.78 is 4.34. The molecule has 0 aliphatic heterocycles. The van der Waals surface area contributed by atoms with Gasteiger partial charge in [-0.15, -0.1) is 0 Å². The maximum absolute atomic E-state index is 6.29. The van der Waals surface area contributed by atoms with Crippen LogP contribution in [0.3, 0.4) is 0 Å². The molecule has 2 heterocycles. The normalized spacial score (nSPS) is 11.6. The molecule has 25 heavy (non-hydrogen) atoms. The minimum atomic E-state index is 0.493. The molecule has 0 saturated carbocycles. The molecular formula is C18H20ClN5S. The Kier molecular flexibility index (Phi) is 4.92. The topological polar surface area (TPSA) is 50.9 Å². The van der Waals surface area contributed by atoms with Gasteiger partial charge in [0.1, 0.15) is 0 Å². The second kappa shape index (κ2) is 6.98. The number of hydrogen-bond donors (Lipinski definition) is 1. The smallest absolute Gasteiger partial charge is 0.216 e. The molecule has 3 aromatic rings. The number of rotatable bonds is 4. The van der Waals surface area contributed by atoms with E-state index in [0.717, 1.165) is 45.5 Å². The SMILES string of the molecule is CCc1n[nH]c(=S)n1/N=C\c1cc(C)n(-c2cccc(Cl)c2C)c1C. The lowest BCUT2D eigenvalue weighted by molar-refractivity contribution is 0.780. The minimum absolute atomic E-state index is 0.493. The fourth-order valence-corrected chi connectivity index (χ4v) is 3.29. The maximum atomic E-state index is 6.29. The largest absolute Gasteiger partial charge is 0.318 e. The molecule has 0 spiro atoms. The number of aromatic amines is 1. The van der Waals surface area contributed by atoms with Crippen LogP contribution in [-0.2, 0) is 6.42 Å². The monoisotopic (exact) mass is 373 g/mol. The van der Waals surface area contributed by atoms with Crippen molar-refractivity contribution in [1.29, 1.82) is 0 Å². The van der Waals surface area contributed by atoms with Gasteiger partial charge in [0.2, 0.25) is 4.77 Å². The van der Waals surface area contributed by atoms with Gasteiger partial charge in [-0.05, 0) is 56.8 Å². The van der Waals surface area contributed by atoms with Gasteiger partial charge in [-0.2, -0.15) is 14.9 Å². The molecule has 0 aliphatic rings. The predicted molar refractivity (Wildman–Crippen MR) is 105 cm³/mol. The summed E-state index contributed by atoms with van der Waals surface area (Å²) in [5, 5.41) is 12.2. The number of aryl methyl sites for hydroxylation is 2. The van der Waals surface area contributed by atoms with Crippen LogP contribution in [0.25, 0.3) is 5.69 Å². The second-order valence-corrected chi connectivity index (χ2v) is 6.69. The Labute approximate surface area is 157 Å². The van der Waals surface area contributed by atoms with Crippen molar-refractivity contribution in [2.75, 3.05) is 0 Å². The van der Waals surface area contributed by atoms with E-state index in [1.165, 1.54) is 0 Å². The maximum Gasteiger partial charge on any atom is 0.216 e. The minimum Gasteiger partial charge on any atom is -0.318 e. The Balaban J connectivity index is 2.06. The van der Waals surface area contributed by atoms with Gasteiger partial charge in [-0.3, -0.25) is 5.10 Å². The molecule has 0 amide bonds. The van der Waals surface area contributed by atoms with Crippen LogP contribution in [0.5, 0.6) is 0 Å². The third-order valence-corrected chi connectivity index (χ3v) is 4.97. The summed E-state index contributed by atoms with van der Waals surface area (Å²) >= 11 is 11.5. The molecule has 0 unspecified atom stereocenters. The molecule has 0 fully saturated rings. The van der Waals surface area contributed by atoms with Crippen molar-refractivity contribution in [3.05, 3.63) is 62.4 Å². The average Bonchev–Trinajstić information content (AvgIpc) is 3.08. The number of benzene rings is 1. The van der Waals surface area contributed by atoms with Gasteiger partial charge in [-0.25, -0.2) is 0 Å². The van der Waals surface area contributed by atoms with Crippen LogP contribution in [0.4, 0.5) is 0 Å². The van der Waals surface area contributed by atoms with Gasteiger partial charge in [0.05, 0.1) is 6.21 Å². The molecule has 0 aliphatic carbocycles. The first kappa shape index (κ1) is 17.6. The quantitative estimate of drug-likeness (QED) is 0.529. The molecule has 0 saturated heterocycles. The van der Waals surface area contributed by atoms with Crippen LogP contribution in [0.1, 0.15) is 35.3 Å². The van der Waals surface area contributed by atoms with Gasteiger partial charge >= 0.3 is 0 Å². The van der Waals surface area contributed by atoms with E-state index in [1.54, 1.807) is 4.68 Å². The van der Waals surface area contributed by atoms with Gasteiger partial charge < -0.3 is 4.57 Å². The summed E-state index contributed by atoms with van der Waals surface area (Å²) in [7, 11) is 0. The van der Waals surface area contributed by atoms with Crippen LogP contribution in [-0.4, -0.2) is 25.7 Å². The molecule has 0 atom stereocenters. The van der Waals surface area contributed by atoms with Crippen LogP contribution in [0.2, 0.25) is 5.02 Å². The van der Waals surface area contributed by atoms with E-state index in [4.69, 9.17) is 23.8 Å². The van der Waals surface area contributed by atoms with Crippen molar-refractivity contribution in [2.24, 2.45) is 5.10 Å². The lowest BCUT2D eigenvalue weighted by Gasteiger charge is -2.13. The van der Waals surface area contributed by atoms with Crippen LogP contribution >= 0.6 is 23.8 Å². The lowest BCUT2D eigenvalue weighted by atomic mass is 10.2. The van der Waals surface area contributed by atoms with E-state index < -0.39 is 0 Å². The van der Waals surface area contributed by atoms with Gasteiger partial charge in [0.15, 0.2) is 5.82 Å². The second-order valence-electron chi connectivity index (χ2n) is 5.90. The summed E-state index contributed by atoms with van der Waals surface area (Å²) in [5.74, 6) is 0.806. The lowest BCUT2D eigenvalue weighted by Crippen LogP contribution is -2.02. The van der Waals surface area contributed by atoms with Crippen molar-refractivity contribution in [3.63, 3.8) is 0 Å². The van der Waals surface area contributed by atoms with Crippen molar-refractivity contribution < 1.29 is 0 Å². The van der Waals surface area contributed by atoms with E-state index in [1.807, 2.05) is 32.2 Å². The van der Waals surface area contributed by atoms with Crippen LogP contribution in [0.15, 0.2) is 29.4 Å². The first-order valence-electron chi connectivity index (χ1n) is 8.09. The Hall–Kier alpha value is -2.18. The Morgan fingerprint density at radius 3 is 2.80 bits per heavy atom. The molecule has 3 rings (SSSR count). The molecule has 5 nitrogen and oxygen atoms in total. The fraction of sp³-hybridized carbons (Fsp3) is 0.278. The third kappa shape index (κ3) is 3.19. The molecule has 2 aromatic heterocycles. The molecule has 0 radical (unpaired) electrons. The number of halogens is 1. The summed E-state index contributed by atoms with van der Waals surface area (Å²) in [6.07, 6.45) is 2.58. The highest BCUT2D eigenvalue weighted by molar-refractivity contribution is 7.71. The third-order valence-electron chi connectivity index (χ3n) is 4.30. The Bertz CT molecular complexity index is 1010. The number of hydrogen-bond acceptors (Lipinski definition) is 3. The summed E-state index contributed by atoms with van der Waals surface area (Å²) in [6.45, 7) is 8.20.